The fourth-order valence-electron chi connectivity index (χ4n) is 4.22. The number of benzene rings is 2. The maximum absolute atomic E-state index is 12.9. The van der Waals surface area contributed by atoms with E-state index in [0.717, 1.165) is 25.0 Å². The standard InChI is InChI=1S/C27H27NO11Se/c1-14(29)34-13-21-23(35-15(2)30)24(36-16(3)31)25(37-17(4)32)27(39-21)38-19-11-9-18(10-12-19)28-26(33)20-7-5-6-8-22(20)40-28/h5-12,21,23-25,27H,13H2,1-4H3/t21-,23-,24+,25-,27-/m1/s1. The second-order valence-corrected chi connectivity index (χ2v) is 10.9. The average molecular weight is 620 g/mol. The second kappa shape index (κ2) is 12.5. The number of nitrogens with zero attached hydrogens (tertiary/aromatic N) is 1. The summed E-state index contributed by atoms with van der Waals surface area (Å²) in [7, 11) is 0. The number of hydrogen-bond donors (Lipinski definition) is 0. The number of rotatable bonds is 8. The van der Waals surface area contributed by atoms with E-state index in [9.17, 15) is 24.0 Å². The average Bonchev–Trinajstić information content (AvgIpc) is 3.22. The molecule has 1 aromatic heterocycles. The molecule has 0 N–H and O–H groups in total. The van der Waals surface area contributed by atoms with Crippen molar-refractivity contribution >= 4 is 48.3 Å². The van der Waals surface area contributed by atoms with Crippen LogP contribution in [0.1, 0.15) is 27.7 Å². The van der Waals surface area contributed by atoms with Gasteiger partial charge in [-0.2, -0.15) is 0 Å². The van der Waals surface area contributed by atoms with Crippen molar-refractivity contribution in [3.8, 4) is 11.4 Å². The van der Waals surface area contributed by atoms with Gasteiger partial charge in [-0.15, -0.1) is 0 Å². The second-order valence-electron chi connectivity index (χ2n) is 8.87. The number of ether oxygens (including phenoxy) is 6. The molecule has 5 atom stereocenters. The Kier molecular flexibility index (Phi) is 9.08. The minimum Gasteiger partial charge on any atom is -0.253 e. The summed E-state index contributed by atoms with van der Waals surface area (Å²) in [5.74, 6) is -2.54. The quantitative estimate of drug-likeness (QED) is 0.205. The molecule has 0 saturated carbocycles. The van der Waals surface area contributed by atoms with Crippen LogP contribution in [0.25, 0.3) is 15.3 Å². The van der Waals surface area contributed by atoms with Crippen molar-refractivity contribution in [3.05, 3.63) is 58.9 Å². The molecule has 2 heterocycles. The molecule has 0 bridgehead atoms. The zero-order valence-corrected chi connectivity index (χ0v) is 23.8. The van der Waals surface area contributed by atoms with Crippen LogP contribution in [0.2, 0.25) is 0 Å². The first-order chi connectivity index (χ1) is 19.0. The Morgan fingerprint density at radius 3 is 2.00 bits per heavy atom. The van der Waals surface area contributed by atoms with E-state index < -0.39 is 54.6 Å². The molecule has 1 fully saturated rings. The van der Waals surface area contributed by atoms with E-state index in [4.69, 9.17) is 28.4 Å². The molecular weight excluding hydrogens is 593 g/mol. The van der Waals surface area contributed by atoms with Crippen molar-refractivity contribution in [1.29, 1.82) is 0 Å². The summed E-state index contributed by atoms with van der Waals surface area (Å²) in [6, 6.07) is 14.0. The third kappa shape index (κ3) is 6.79. The first kappa shape index (κ1) is 29.1. The monoisotopic (exact) mass is 621 g/mol. The van der Waals surface area contributed by atoms with Crippen molar-refractivity contribution in [2.24, 2.45) is 0 Å². The molecule has 1 aliphatic rings. The molecule has 2 aromatic carbocycles. The predicted octanol–water partition coefficient (Wildman–Crippen LogP) is 1.51. The van der Waals surface area contributed by atoms with Crippen molar-refractivity contribution in [2.45, 2.75) is 58.4 Å². The molecule has 0 spiro atoms. The minimum absolute atomic E-state index is 0.0937. The molecule has 0 unspecified atom stereocenters. The van der Waals surface area contributed by atoms with Crippen molar-refractivity contribution in [3.63, 3.8) is 0 Å². The summed E-state index contributed by atoms with van der Waals surface area (Å²) in [5.41, 5.74) is 0.568. The number of carbonyl (C=O) groups excluding carboxylic acids is 4. The molecule has 4 rings (SSSR count). The van der Waals surface area contributed by atoms with Gasteiger partial charge >= 0.3 is 211 Å². The molecule has 40 heavy (non-hydrogen) atoms. The zero-order chi connectivity index (χ0) is 29.0. The molecule has 0 radical (unpaired) electrons. The summed E-state index contributed by atoms with van der Waals surface area (Å²) >= 11 is -0.226. The van der Waals surface area contributed by atoms with Crippen LogP contribution in [-0.4, -0.2) is 79.5 Å². The summed E-state index contributed by atoms with van der Waals surface area (Å²) < 4.78 is 35.9. The van der Waals surface area contributed by atoms with Crippen molar-refractivity contribution in [2.75, 3.05) is 6.61 Å². The minimum atomic E-state index is -1.35. The van der Waals surface area contributed by atoms with Gasteiger partial charge in [0.05, 0.1) is 0 Å². The fraction of sp³-hybridized carbons (Fsp3) is 0.370. The predicted molar refractivity (Wildman–Crippen MR) is 139 cm³/mol. The first-order valence-corrected chi connectivity index (χ1v) is 13.8. The van der Waals surface area contributed by atoms with Gasteiger partial charge in [0.25, 0.3) is 0 Å². The van der Waals surface area contributed by atoms with E-state index in [0.29, 0.717) is 11.1 Å². The molecule has 1 aliphatic heterocycles. The van der Waals surface area contributed by atoms with Crippen LogP contribution < -0.4 is 10.3 Å². The third-order valence-corrected chi connectivity index (χ3v) is 8.10. The number of aromatic nitrogens is 1. The number of esters is 4. The Labute approximate surface area is 234 Å². The van der Waals surface area contributed by atoms with E-state index in [-0.39, 0.29) is 32.6 Å². The Morgan fingerprint density at radius 1 is 0.800 bits per heavy atom. The van der Waals surface area contributed by atoms with Gasteiger partial charge in [0.1, 0.15) is 0 Å². The molecule has 12 nitrogen and oxygen atoms in total. The van der Waals surface area contributed by atoms with Crippen LogP contribution in [0.3, 0.4) is 0 Å². The summed E-state index contributed by atoms with van der Waals surface area (Å²) in [4.78, 5) is 60.2. The van der Waals surface area contributed by atoms with Gasteiger partial charge in [0, 0.05) is 13.8 Å². The number of hydrogen-bond acceptors (Lipinski definition) is 11. The van der Waals surface area contributed by atoms with E-state index >= 15 is 0 Å². The van der Waals surface area contributed by atoms with Gasteiger partial charge in [-0.25, -0.2) is 0 Å². The summed E-state index contributed by atoms with van der Waals surface area (Å²) in [6.07, 6.45) is -6.45. The molecule has 3 aromatic rings. The zero-order valence-electron chi connectivity index (χ0n) is 22.1. The van der Waals surface area contributed by atoms with Crippen LogP contribution in [0.5, 0.6) is 5.75 Å². The number of carbonyl (C=O) groups is 4. The summed E-state index contributed by atoms with van der Waals surface area (Å²) in [6.45, 7) is 4.25. The van der Waals surface area contributed by atoms with Crippen LogP contribution in [-0.2, 0) is 42.9 Å². The molecule has 13 heteroatoms. The van der Waals surface area contributed by atoms with E-state index in [1.54, 1.807) is 33.9 Å². The molecule has 0 aliphatic carbocycles. The van der Waals surface area contributed by atoms with Crippen molar-refractivity contribution in [1.82, 2.24) is 3.56 Å². The molecule has 212 valence electrons. The molecule has 1 saturated heterocycles. The van der Waals surface area contributed by atoms with Crippen molar-refractivity contribution < 1.29 is 47.6 Å². The van der Waals surface area contributed by atoms with Gasteiger partial charge in [-0.3, -0.25) is 9.59 Å². The van der Waals surface area contributed by atoms with Crippen LogP contribution in [0.15, 0.2) is 53.3 Å². The maximum atomic E-state index is 12.9. The third-order valence-electron chi connectivity index (χ3n) is 5.76. The van der Waals surface area contributed by atoms with Crippen LogP contribution in [0, 0.1) is 0 Å². The molecule has 0 amide bonds. The first-order valence-electron chi connectivity index (χ1n) is 12.2. The Balaban J connectivity index is 1.65. The van der Waals surface area contributed by atoms with Gasteiger partial charge in [-0.05, 0) is 0 Å². The summed E-state index contributed by atoms with van der Waals surface area (Å²) in [5, 5.41) is 0.667. The number of fused-ring (bicyclic) bond motifs is 1. The van der Waals surface area contributed by atoms with Gasteiger partial charge < -0.3 is 0 Å². The van der Waals surface area contributed by atoms with Gasteiger partial charge in [0.2, 0.25) is 0 Å². The normalized spacial score (nSPS) is 22.2. The Hall–Kier alpha value is -3.93. The fourth-order valence-corrected chi connectivity index (χ4v) is 6.31. The van der Waals surface area contributed by atoms with E-state index in [2.05, 4.69) is 0 Å². The smallest absolute Gasteiger partial charge is 0.253 e. The van der Waals surface area contributed by atoms with E-state index in [1.807, 2.05) is 18.2 Å². The topological polar surface area (TPSA) is 146 Å². The molecular formula is C27H27NO11Se. The van der Waals surface area contributed by atoms with Gasteiger partial charge in [0.15, 0.2) is 0 Å². The Bertz CT molecular complexity index is 1460. The van der Waals surface area contributed by atoms with Crippen LogP contribution in [0.4, 0.5) is 0 Å². The van der Waals surface area contributed by atoms with Gasteiger partial charge in [-0.1, -0.05) is 0 Å². The van der Waals surface area contributed by atoms with E-state index in [1.165, 1.54) is 6.92 Å². The SMILES string of the molecule is CC(=O)OC[C@H]1O[C@@H](Oc2ccc(-n3[se]c4ccccc4c3=O)cc2)[C@H](OC(C)=O)[C@@H](OC(C)=O)[C@@H]1OC(C)=O. The Morgan fingerprint density at radius 2 is 1.40 bits per heavy atom. The van der Waals surface area contributed by atoms with Crippen LogP contribution >= 0.6 is 0 Å².